The quantitative estimate of drug-likeness (QED) is 0.700. The number of nitrogens with zero attached hydrogens (tertiary/aromatic N) is 1. The number of carbonyl (C=O) groups excluding carboxylic acids is 1. The molecule has 2 aromatic rings. The first-order valence-electron chi connectivity index (χ1n) is 5.37. The standard InChI is InChI=1S/C11H12N2O3S3/c12-10(16)9-2-1-8(19-9)7-5-18-11(13-7)17-4-6(15)3-14/h1-2,5-6,14-15H,3-4H2,(H2,12,16). The Morgan fingerprint density at radius 1 is 1.53 bits per heavy atom. The SMILES string of the molecule is NC(=O)c1ccc(-c2csc(SCC(O)CO)n2)s1. The van der Waals surface area contributed by atoms with Crippen LogP contribution in [0.2, 0.25) is 0 Å². The lowest BCUT2D eigenvalue weighted by molar-refractivity contribution is 0.100. The van der Waals surface area contributed by atoms with E-state index in [1.165, 1.54) is 34.4 Å². The molecule has 0 saturated heterocycles. The molecule has 19 heavy (non-hydrogen) atoms. The van der Waals surface area contributed by atoms with E-state index in [9.17, 15) is 9.90 Å². The summed E-state index contributed by atoms with van der Waals surface area (Å²) < 4.78 is 0.816. The monoisotopic (exact) mass is 316 g/mol. The molecule has 0 spiro atoms. The Balaban J connectivity index is 2.05. The third kappa shape index (κ3) is 3.77. The van der Waals surface area contributed by atoms with E-state index in [0.29, 0.717) is 10.6 Å². The molecule has 4 N–H and O–H groups in total. The zero-order chi connectivity index (χ0) is 13.8. The van der Waals surface area contributed by atoms with Crippen LogP contribution in [0.25, 0.3) is 10.6 Å². The second-order valence-corrected chi connectivity index (χ2v) is 6.88. The lowest BCUT2D eigenvalue weighted by Gasteiger charge is -2.03. The van der Waals surface area contributed by atoms with Crippen molar-refractivity contribution < 1.29 is 15.0 Å². The van der Waals surface area contributed by atoms with Gasteiger partial charge in [0.05, 0.1) is 28.2 Å². The molecular weight excluding hydrogens is 304 g/mol. The van der Waals surface area contributed by atoms with Crippen LogP contribution < -0.4 is 5.73 Å². The van der Waals surface area contributed by atoms with Gasteiger partial charge >= 0.3 is 0 Å². The molecule has 2 rings (SSSR count). The van der Waals surface area contributed by atoms with E-state index in [-0.39, 0.29) is 6.61 Å². The number of aliphatic hydroxyl groups is 2. The van der Waals surface area contributed by atoms with E-state index in [4.69, 9.17) is 10.8 Å². The second-order valence-electron chi connectivity index (χ2n) is 3.67. The maximum absolute atomic E-state index is 11.0. The van der Waals surface area contributed by atoms with Crippen LogP contribution in [0.4, 0.5) is 0 Å². The van der Waals surface area contributed by atoms with Crippen LogP contribution in [0.1, 0.15) is 9.67 Å². The van der Waals surface area contributed by atoms with Crippen molar-refractivity contribution in [2.24, 2.45) is 5.73 Å². The highest BCUT2D eigenvalue weighted by Crippen LogP contribution is 2.32. The molecule has 0 aliphatic rings. The molecule has 1 unspecified atom stereocenters. The van der Waals surface area contributed by atoms with Crippen molar-refractivity contribution in [1.29, 1.82) is 0 Å². The Bertz CT molecular complexity index is 567. The summed E-state index contributed by atoms with van der Waals surface area (Å²) in [5.41, 5.74) is 6.00. The molecule has 0 aromatic carbocycles. The molecule has 8 heteroatoms. The number of hydrogen-bond acceptors (Lipinski definition) is 7. The van der Waals surface area contributed by atoms with Crippen LogP contribution in [0, 0.1) is 0 Å². The number of primary amides is 1. The normalized spacial score (nSPS) is 12.5. The van der Waals surface area contributed by atoms with Gasteiger partial charge in [0.1, 0.15) is 0 Å². The predicted octanol–water partition coefficient (Wildman–Crippen LogP) is 1.42. The van der Waals surface area contributed by atoms with Gasteiger partial charge in [0.25, 0.3) is 5.91 Å². The van der Waals surface area contributed by atoms with Gasteiger partial charge < -0.3 is 15.9 Å². The lowest BCUT2D eigenvalue weighted by Crippen LogP contribution is -2.14. The number of carbonyl (C=O) groups is 1. The highest BCUT2D eigenvalue weighted by Gasteiger charge is 2.11. The maximum atomic E-state index is 11.0. The summed E-state index contributed by atoms with van der Waals surface area (Å²) in [4.78, 5) is 16.8. The average molecular weight is 316 g/mol. The summed E-state index contributed by atoms with van der Waals surface area (Å²) in [5.74, 6) is -0.0346. The zero-order valence-corrected chi connectivity index (χ0v) is 12.2. The number of thioether (sulfide) groups is 1. The number of amides is 1. The minimum absolute atomic E-state index is 0.252. The predicted molar refractivity (Wildman–Crippen MR) is 77.8 cm³/mol. The second kappa shape index (κ2) is 6.49. The molecule has 1 amide bonds. The van der Waals surface area contributed by atoms with Gasteiger partial charge in [0.15, 0.2) is 4.34 Å². The van der Waals surface area contributed by atoms with Crippen molar-refractivity contribution in [1.82, 2.24) is 4.98 Å². The molecule has 0 aliphatic heterocycles. The molecule has 0 aliphatic carbocycles. The van der Waals surface area contributed by atoms with E-state index in [1.54, 1.807) is 6.07 Å². The van der Waals surface area contributed by atoms with Crippen molar-refractivity contribution in [3.8, 4) is 10.6 Å². The highest BCUT2D eigenvalue weighted by molar-refractivity contribution is 8.01. The van der Waals surface area contributed by atoms with Crippen molar-refractivity contribution >= 4 is 40.3 Å². The molecule has 0 fully saturated rings. The highest BCUT2D eigenvalue weighted by atomic mass is 32.2. The third-order valence-corrected chi connectivity index (χ3v) is 5.48. The average Bonchev–Trinajstić information content (AvgIpc) is 3.04. The Morgan fingerprint density at radius 2 is 2.32 bits per heavy atom. The molecule has 0 bridgehead atoms. The number of thiophene rings is 1. The smallest absolute Gasteiger partial charge is 0.258 e. The van der Waals surface area contributed by atoms with Crippen molar-refractivity contribution in [3.63, 3.8) is 0 Å². The third-order valence-electron chi connectivity index (χ3n) is 2.19. The zero-order valence-electron chi connectivity index (χ0n) is 9.78. The summed E-state index contributed by atoms with van der Waals surface area (Å²) in [5, 5.41) is 19.9. The summed E-state index contributed by atoms with van der Waals surface area (Å²) >= 11 is 4.16. The van der Waals surface area contributed by atoms with Crippen LogP contribution in [-0.4, -0.2) is 39.6 Å². The van der Waals surface area contributed by atoms with Crippen LogP contribution >= 0.6 is 34.4 Å². The van der Waals surface area contributed by atoms with Crippen LogP contribution in [0.5, 0.6) is 0 Å². The molecule has 2 heterocycles. The molecule has 2 aromatic heterocycles. The van der Waals surface area contributed by atoms with E-state index in [0.717, 1.165) is 14.9 Å². The van der Waals surface area contributed by atoms with Gasteiger partial charge in [0.2, 0.25) is 0 Å². The lowest BCUT2D eigenvalue weighted by atomic mass is 10.3. The fraction of sp³-hybridized carbons (Fsp3) is 0.273. The van der Waals surface area contributed by atoms with Crippen molar-refractivity contribution in [3.05, 3.63) is 22.4 Å². The molecular formula is C11H12N2O3S3. The van der Waals surface area contributed by atoms with E-state index in [2.05, 4.69) is 4.98 Å². The first kappa shape index (κ1) is 14.5. The Labute approximate surface area is 122 Å². The van der Waals surface area contributed by atoms with Gasteiger partial charge in [-0.05, 0) is 12.1 Å². The van der Waals surface area contributed by atoms with Crippen LogP contribution in [0.3, 0.4) is 0 Å². The summed E-state index contributed by atoms with van der Waals surface area (Å²) in [7, 11) is 0. The van der Waals surface area contributed by atoms with E-state index >= 15 is 0 Å². The minimum Gasteiger partial charge on any atom is -0.394 e. The fourth-order valence-corrected chi connectivity index (χ4v) is 3.93. The maximum Gasteiger partial charge on any atom is 0.258 e. The van der Waals surface area contributed by atoms with Gasteiger partial charge in [-0.1, -0.05) is 11.8 Å². The molecule has 0 radical (unpaired) electrons. The molecule has 102 valence electrons. The number of rotatable bonds is 6. The number of nitrogens with two attached hydrogens (primary N) is 1. The van der Waals surface area contributed by atoms with Crippen LogP contribution in [-0.2, 0) is 0 Å². The molecule has 5 nitrogen and oxygen atoms in total. The van der Waals surface area contributed by atoms with Gasteiger partial charge in [-0.25, -0.2) is 4.98 Å². The molecule has 1 atom stereocenters. The Morgan fingerprint density at radius 3 is 2.95 bits per heavy atom. The fourth-order valence-electron chi connectivity index (χ4n) is 1.26. The topological polar surface area (TPSA) is 96.4 Å². The number of aliphatic hydroxyl groups excluding tert-OH is 2. The number of hydrogen-bond donors (Lipinski definition) is 3. The summed E-state index contributed by atoms with van der Waals surface area (Å²) in [6.45, 7) is -0.252. The van der Waals surface area contributed by atoms with Gasteiger partial charge in [-0.3, -0.25) is 4.79 Å². The first-order chi connectivity index (χ1) is 9.10. The van der Waals surface area contributed by atoms with E-state index in [1.807, 2.05) is 11.4 Å². The Hall–Kier alpha value is -0.930. The van der Waals surface area contributed by atoms with Crippen molar-refractivity contribution in [2.45, 2.75) is 10.4 Å². The van der Waals surface area contributed by atoms with E-state index < -0.39 is 12.0 Å². The first-order valence-corrected chi connectivity index (χ1v) is 8.05. The minimum atomic E-state index is -0.736. The Kier molecular flexibility index (Phi) is 4.94. The van der Waals surface area contributed by atoms with Crippen LogP contribution in [0.15, 0.2) is 21.9 Å². The van der Waals surface area contributed by atoms with Crippen molar-refractivity contribution in [2.75, 3.05) is 12.4 Å². The molecule has 0 saturated carbocycles. The number of aromatic nitrogens is 1. The van der Waals surface area contributed by atoms with Gasteiger partial charge in [-0.15, -0.1) is 22.7 Å². The number of thiazole rings is 1. The van der Waals surface area contributed by atoms with Gasteiger partial charge in [-0.2, -0.15) is 0 Å². The summed E-state index contributed by atoms with van der Waals surface area (Å²) in [6.07, 6.45) is -0.736. The largest absolute Gasteiger partial charge is 0.394 e. The summed E-state index contributed by atoms with van der Waals surface area (Å²) in [6, 6.07) is 3.50. The van der Waals surface area contributed by atoms with Gasteiger partial charge in [0, 0.05) is 11.1 Å².